The van der Waals surface area contributed by atoms with E-state index < -0.39 is 6.17 Å². The SMILES string of the molecule is C=N/C=C(\N)c1cc(-c2ccccc2)cc(C(/N=C(\N)c2cc(-c3ccccc3)cc(-c3cnccn3)c2)/N=C(\C)c2ccccc2)c1.CC. The fourth-order valence-electron chi connectivity index (χ4n) is 5.43. The third-order valence-electron chi connectivity index (χ3n) is 7.89. The molecule has 248 valence electrons. The summed E-state index contributed by atoms with van der Waals surface area (Å²) in [6.07, 6.45) is 5.92. The molecule has 0 amide bonds. The van der Waals surface area contributed by atoms with Crippen LogP contribution in [0.5, 0.6) is 0 Å². The van der Waals surface area contributed by atoms with Crippen LogP contribution in [0.1, 0.15) is 49.2 Å². The molecule has 7 heteroatoms. The highest BCUT2D eigenvalue weighted by Crippen LogP contribution is 2.32. The van der Waals surface area contributed by atoms with Crippen molar-refractivity contribution in [2.75, 3.05) is 0 Å². The topological polar surface area (TPSA) is 115 Å². The molecule has 50 heavy (non-hydrogen) atoms. The van der Waals surface area contributed by atoms with Gasteiger partial charge in [-0.05, 0) is 89.0 Å². The molecule has 0 saturated heterocycles. The Morgan fingerprint density at radius 3 is 1.82 bits per heavy atom. The van der Waals surface area contributed by atoms with E-state index in [0.29, 0.717) is 11.5 Å². The second kappa shape index (κ2) is 17.1. The molecule has 6 aromatic rings. The van der Waals surface area contributed by atoms with Gasteiger partial charge in [0.15, 0.2) is 6.17 Å². The number of aromatic nitrogens is 2. The predicted molar refractivity (Wildman–Crippen MR) is 210 cm³/mol. The Morgan fingerprint density at radius 2 is 1.22 bits per heavy atom. The van der Waals surface area contributed by atoms with Gasteiger partial charge < -0.3 is 11.5 Å². The molecule has 7 nitrogen and oxygen atoms in total. The third-order valence-corrected chi connectivity index (χ3v) is 7.89. The smallest absolute Gasteiger partial charge is 0.167 e. The van der Waals surface area contributed by atoms with E-state index in [1.54, 1.807) is 24.8 Å². The largest absolute Gasteiger partial charge is 0.397 e. The predicted octanol–water partition coefficient (Wildman–Crippen LogP) is 9.37. The van der Waals surface area contributed by atoms with Crippen LogP contribution in [0.25, 0.3) is 39.2 Å². The van der Waals surface area contributed by atoms with E-state index in [1.807, 2.05) is 112 Å². The van der Waals surface area contributed by atoms with Crippen molar-refractivity contribution in [3.05, 3.63) is 174 Å². The van der Waals surface area contributed by atoms with Gasteiger partial charge >= 0.3 is 0 Å². The Morgan fingerprint density at radius 1 is 0.640 bits per heavy atom. The fraction of sp³-hybridized carbons (Fsp3) is 0.0930. The molecule has 0 spiro atoms. The molecule has 0 aliphatic carbocycles. The minimum absolute atomic E-state index is 0.329. The van der Waals surface area contributed by atoms with Crippen molar-refractivity contribution < 1.29 is 0 Å². The normalized spacial score (nSPS) is 12.4. The number of hydrogen-bond donors (Lipinski definition) is 2. The molecule has 0 radical (unpaired) electrons. The highest BCUT2D eigenvalue weighted by atomic mass is 15.0. The van der Waals surface area contributed by atoms with E-state index >= 15 is 0 Å². The van der Waals surface area contributed by atoms with Gasteiger partial charge in [-0.15, -0.1) is 0 Å². The number of nitrogens with two attached hydrogens (primary N) is 2. The van der Waals surface area contributed by atoms with Crippen molar-refractivity contribution >= 4 is 24.0 Å². The number of aliphatic imine (C=N–C) groups is 3. The van der Waals surface area contributed by atoms with E-state index in [4.69, 9.17) is 21.5 Å². The molecule has 4 N–H and O–H groups in total. The number of amidine groups is 1. The standard InChI is InChI=1S/C41H35N7.C2H6/c1-28(29-12-6-3-7-13-29)47-41(37-23-32(30-14-8-4-9-15-30)20-34(24-37)38(42)26-44-2)48-40(43)36-22-33(31-16-10-5-11-17-31)21-35(25-36)39-27-45-18-19-46-39;1-2/h3-27,41H,2,42H2,1H3,(H2,43,48);1-2H3/b38-26-,47-28+;. The van der Waals surface area contributed by atoms with Crippen LogP contribution in [0.2, 0.25) is 0 Å². The average Bonchev–Trinajstić information content (AvgIpc) is 3.19. The van der Waals surface area contributed by atoms with E-state index in [-0.39, 0.29) is 0 Å². The molecule has 5 aromatic carbocycles. The minimum atomic E-state index is -0.697. The van der Waals surface area contributed by atoms with E-state index in [0.717, 1.165) is 61.5 Å². The summed E-state index contributed by atoms with van der Waals surface area (Å²) < 4.78 is 0. The molecule has 1 atom stereocenters. The van der Waals surface area contributed by atoms with Crippen LogP contribution in [0, 0.1) is 0 Å². The molecule has 0 fully saturated rings. The molecular weight excluding hydrogens is 615 g/mol. The van der Waals surface area contributed by atoms with Crippen LogP contribution in [-0.4, -0.2) is 28.2 Å². The lowest BCUT2D eigenvalue weighted by Crippen LogP contribution is -2.16. The van der Waals surface area contributed by atoms with Crippen molar-refractivity contribution in [1.29, 1.82) is 0 Å². The number of benzene rings is 5. The molecule has 0 bridgehead atoms. The van der Waals surface area contributed by atoms with Gasteiger partial charge in [0.25, 0.3) is 0 Å². The van der Waals surface area contributed by atoms with Gasteiger partial charge in [-0.1, -0.05) is 105 Å². The fourth-order valence-corrected chi connectivity index (χ4v) is 5.43. The highest BCUT2D eigenvalue weighted by Gasteiger charge is 2.17. The van der Waals surface area contributed by atoms with Crippen molar-refractivity contribution in [3.63, 3.8) is 0 Å². The monoisotopic (exact) mass is 655 g/mol. The maximum Gasteiger partial charge on any atom is 0.167 e. The quantitative estimate of drug-likeness (QED) is 0.113. The van der Waals surface area contributed by atoms with Gasteiger partial charge in [0.2, 0.25) is 0 Å². The summed E-state index contributed by atoms with van der Waals surface area (Å²) in [5.41, 5.74) is 23.6. The van der Waals surface area contributed by atoms with Crippen LogP contribution >= 0.6 is 0 Å². The maximum atomic E-state index is 6.92. The Kier molecular flexibility index (Phi) is 11.9. The van der Waals surface area contributed by atoms with Gasteiger partial charge in [-0.2, -0.15) is 0 Å². The number of hydrogen-bond acceptors (Lipinski definition) is 6. The van der Waals surface area contributed by atoms with E-state index in [2.05, 4.69) is 58.1 Å². The Labute approximate surface area is 294 Å². The summed E-state index contributed by atoms with van der Waals surface area (Å²) in [4.78, 5) is 23.0. The van der Waals surface area contributed by atoms with Gasteiger partial charge in [0.1, 0.15) is 5.84 Å². The molecule has 1 unspecified atom stereocenters. The van der Waals surface area contributed by atoms with E-state index in [1.165, 1.54) is 0 Å². The van der Waals surface area contributed by atoms with Gasteiger partial charge in [0, 0.05) is 35.4 Å². The second-order valence-electron chi connectivity index (χ2n) is 11.2. The van der Waals surface area contributed by atoms with Crippen molar-refractivity contribution in [2.24, 2.45) is 26.4 Å². The zero-order valence-corrected chi connectivity index (χ0v) is 28.6. The molecular formula is C43H41N7. The molecule has 0 saturated carbocycles. The van der Waals surface area contributed by atoms with E-state index in [9.17, 15) is 0 Å². The summed E-state index contributed by atoms with van der Waals surface area (Å²) >= 11 is 0. The number of rotatable bonds is 10. The summed E-state index contributed by atoms with van der Waals surface area (Å²) in [7, 11) is 0. The summed E-state index contributed by atoms with van der Waals surface area (Å²) in [5, 5.41) is 0. The van der Waals surface area contributed by atoms with Crippen molar-refractivity contribution in [2.45, 2.75) is 26.9 Å². The average molecular weight is 656 g/mol. The Balaban J connectivity index is 0.00000239. The van der Waals surface area contributed by atoms with Crippen LogP contribution in [0.4, 0.5) is 0 Å². The first-order chi connectivity index (χ1) is 24.5. The maximum absolute atomic E-state index is 6.92. The van der Waals surface area contributed by atoms with Crippen LogP contribution in [0.3, 0.4) is 0 Å². The zero-order chi connectivity index (χ0) is 35.3. The summed E-state index contributed by atoms with van der Waals surface area (Å²) in [6.45, 7) is 9.57. The first-order valence-corrected chi connectivity index (χ1v) is 16.5. The van der Waals surface area contributed by atoms with Gasteiger partial charge in [0.05, 0.1) is 17.6 Å². The molecule has 6 rings (SSSR count). The van der Waals surface area contributed by atoms with Gasteiger partial charge in [-0.25, -0.2) is 4.99 Å². The lowest BCUT2D eigenvalue weighted by molar-refractivity contribution is 0.776. The molecule has 1 heterocycles. The van der Waals surface area contributed by atoms with Crippen LogP contribution in [-0.2, 0) is 0 Å². The summed E-state index contributed by atoms with van der Waals surface area (Å²) in [5.74, 6) is 0.329. The van der Waals surface area contributed by atoms with Crippen molar-refractivity contribution in [3.8, 4) is 33.5 Å². The molecule has 0 aliphatic rings. The van der Waals surface area contributed by atoms with Crippen LogP contribution < -0.4 is 11.5 Å². The first-order valence-electron chi connectivity index (χ1n) is 16.5. The molecule has 0 aliphatic heterocycles. The Hall–Kier alpha value is -6.47. The lowest BCUT2D eigenvalue weighted by Gasteiger charge is -2.17. The summed E-state index contributed by atoms with van der Waals surface area (Å²) in [6, 6.07) is 42.5. The third kappa shape index (κ3) is 8.70. The second-order valence-corrected chi connectivity index (χ2v) is 11.2. The number of nitrogens with zero attached hydrogens (tertiary/aromatic N) is 5. The van der Waals surface area contributed by atoms with Crippen LogP contribution in [0.15, 0.2) is 167 Å². The minimum Gasteiger partial charge on any atom is -0.397 e. The first kappa shape index (κ1) is 34.9. The molecule has 1 aromatic heterocycles. The zero-order valence-electron chi connectivity index (χ0n) is 28.6. The lowest BCUT2D eigenvalue weighted by atomic mass is 9.97. The highest BCUT2D eigenvalue weighted by molar-refractivity contribution is 6.01. The van der Waals surface area contributed by atoms with Crippen molar-refractivity contribution in [1.82, 2.24) is 9.97 Å². The van der Waals surface area contributed by atoms with Gasteiger partial charge in [-0.3, -0.25) is 20.0 Å². The Bertz CT molecular complexity index is 2050.